The Kier molecular flexibility index (Phi) is 5.66. The summed E-state index contributed by atoms with van der Waals surface area (Å²) in [6.07, 6.45) is 0. The molecule has 0 aliphatic carbocycles. The lowest BCUT2D eigenvalue weighted by Gasteiger charge is -2.21. The van der Waals surface area contributed by atoms with Crippen LogP contribution in [0.3, 0.4) is 0 Å². The van der Waals surface area contributed by atoms with Gasteiger partial charge in [-0.15, -0.1) is 0 Å². The molecule has 0 aliphatic heterocycles. The second-order valence-electron chi connectivity index (χ2n) is 4.32. The third-order valence-electron chi connectivity index (χ3n) is 2.96. The molecule has 0 aliphatic rings. The minimum atomic E-state index is -0.240. The Morgan fingerprint density at radius 2 is 1.85 bits per heavy atom. The standard InChI is InChI=1S/C15H13Cl2FIN/c1-2-20-15(11-5-3-9(16)7-13(11)17)12-6-4-10(18)8-14(12)19/h3-8,15,20H,2H2,1H3. The minimum absolute atomic E-state index is 0.0859. The first kappa shape index (κ1) is 16.0. The van der Waals surface area contributed by atoms with E-state index >= 15 is 0 Å². The summed E-state index contributed by atoms with van der Waals surface area (Å²) < 4.78 is 14.1. The first-order valence-corrected chi connectivity index (χ1v) is 7.99. The van der Waals surface area contributed by atoms with E-state index in [1.807, 2.05) is 19.1 Å². The second-order valence-corrected chi connectivity index (χ2v) is 6.33. The monoisotopic (exact) mass is 423 g/mol. The zero-order valence-corrected chi connectivity index (χ0v) is 14.4. The van der Waals surface area contributed by atoms with E-state index in [-0.39, 0.29) is 11.9 Å². The van der Waals surface area contributed by atoms with Gasteiger partial charge in [0.25, 0.3) is 0 Å². The second kappa shape index (κ2) is 7.07. The summed E-state index contributed by atoms with van der Waals surface area (Å²) >= 11 is 14.4. The molecule has 0 heterocycles. The van der Waals surface area contributed by atoms with E-state index in [0.29, 0.717) is 10.0 Å². The van der Waals surface area contributed by atoms with Gasteiger partial charge in [0.05, 0.1) is 6.04 Å². The van der Waals surface area contributed by atoms with Gasteiger partial charge in [0.1, 0.15) is 5.82 Å². The molecule has 0 radical (unpaired) electrons. The topological polar surface area (TPSA) is 12.0 Å². The van der Waals surface area contributed by atoms with Crippen molar-refractivity contribution in [3.05, 3.63) is 67.0 Å². The van der Waals surface area contributed by atoms with Crippen LogP contribution < -0.4 is 5.32 Å². The highest BCUT2D eigenvalue weighted by molar-refractivity contribution is 14.1. The first-order chi connectivity index (χ1) is 9.52. The summed E-state index contributed by atoms with van der Waals surface area (Å²) in [6.45, 7) is 2.80. The van der Waals surface area contributed by atoms with Crippen molar-refractivity contribution >= 4 is 45.8 Å². The first-order valence-electron chi connectivity index (χ1n) is 6.16. The van der Waals surface area contributed by atoms with Crippen LogP contribution in [0, 0.1) is 9.39 Å². The Labute approximate surface area is 141 Å². The number of hydrogen-bond donors (Lipinski definition) is 1. The van der Waals surface area contributed by atoms with Crippen molar-refractivity contribution in [3.63, 3.8) is 0 Å². The molecule has 1 unspecified atom stereocenters. The Balaban J connectivity index is 2.50. The largest absolute Gasteiger partial charge is 0.306 e. The summed E-state index contributed by atoms with van der Waals surface area (Å²) in [7, 11) is 0. The van der Waals surface area contributed by atoms with Gasteiger partial charge in [-0.1, -0.05) is 42.3 Å². The zero-order valence-electron chi connectivity index (χ0n) is 10.8. The van der Waals surface area contributed by atoms with Crippen LogP contribution >= 0.6 is 45.8 Å². The minimum Gasteiger partial charge on any atom is -0.306 e. The van der Waals surface area contributed by atoms with E-state index in [1.165, 1.54) is 12.1 Å². The summed E-state index contributed by atoms with van der Waals surface area (Å²) in [4.78, 5) is 0. The molecular formula is C15H13Cl2FIN. The highest BCUT2D eigenvalue weighted by Crippen LogP contribution is 2.32. The predicted molar refractivity (Wildman–Crippen MR) is 91.1 cm³/mol. The molecule has 0 amide bonds. The van der Waals surface area contributed by atoms with E-state index < -0.39 is 0 Å². The molecule has 1 atom stereocenters. The maximum Gasteiger partial charge on any atom is 0.124 e. The van der Waals surface area contributed by atoms with Crippen molar-refractivity contribution in [2.75, 3.05) is 6.54 Å². The van der Waals surface area contributed by atoms with Crippen molar-refractivity contribution in [1.29, 1.82) is 0 Å². The molecular weight excluding hydrogens is 411 g/mol. The van der Waals surface area contributed by atoms with Crippen LogP contribution in [0.15, 0.2) is 36.4 Å². The van der Waals surface area contributed by atoms with Crippen molar-refractivity contribution < 1.29 is 4.39 Å². The maximum absolute atomic E-state index is 13.3. The highest BCUT2D eigenvalue weighted by Gasteiger charge is 2.19. The average Bonchev–Trinajstić information content (AvgIpc) is 2.37. The summed E-state index contributed by atoms with van der Waals surface area (Å²) in [5, 5.41) is 4.58. The van der Waals surface area contributed by atoms with Gasteiger partial charge in [-0.3, -0.25) is 0 Å². The van der Waals surface area contributed by atoms with Crippen molar-refractivity contribution in [1.82, 2.24) is 5.32 Å². The van der Waals surface area contributed by atoms with Crippen LogP contribution in [0.2, 0.25) is 10.0 Å². The molecule has 0 saturated heterocycles. The lowest BCUT2D eigenvalue weighted by Crippen LogP contribution is -2.23. The van der Waals surface area contributed by atoms with E-state index in [0.717, 1.165) is 21.2 Å². The number of hydrogen-bond acceptors (Lipinski definition) is 1. The number of rotatable bonds is 4. The fourth-order valence-corrected chi connectivity index (χ4v) is 3.37. The number of halogens is 4. The zero-order chi connectivity index (χ0) is 14.7. The Bertz CT molecular complexity index is 567. The van der Waals surface area contributed by atoms with Gasteiger partial charge >= 0.3 is 0 Å². The fourth-order valence-electron chi connectivity index (χ4n) is 2.06. The van der Waals surface area contributed by atoms with Crippen LogP contribution in [0.4, 0.5) is 4.39 Å². The van der Waals surface area contributed by atoms with Crippen molar-refractivity contribution in [2.45, 2.75) is 13.0 Å². The Morgan fingerprint density at radius 1 is 1.15 bits per heavy atom. The molecule has 106 valence electrons. The predicted octanol–water partition coefficient (Wildman–Crippen LogP) is 5.44. The molecule has 1 nitrogen and oxygen atoms in total. The highest BCUT2D eigenvalue weighted by atomic mass is 127. The molecule has 2 rings (SSSR count). The van der Waals surface area contributed by atoms with E-state index in [2.05, 4.69) is 27.9 Å². The number of nitrogens with one attached hydrogen (secondary N) is 1. The summed E-state index contributed by atoms with van der Waals surface area (Å²) in [6, 6.07) is 10.1. The maximum atomic E-state index is 13.3. The molecule has 0 saturated carbocycles. The third kappa shape index (κ3) is 3.64. The molecule has 2 aromatic rings. The lowest BCUT2D eigenvalue weighted by molar-refractivity contribution is 0.610. The van der Waals surface area contributed by atoms with Gasteiger partial charge in [-0.25, -0.2) is 4.39 Å². The molecule has 5 heteroatoms. The van der Waals surface area contributed by atoms with Crippen molar-refractivity contribution in [3.8, 4) is 0 Å². The van der Waals surface area contributed by atoms with Crippen molar-refractivity contribution in [2.24, 2.45) is 0 Å². The van der Waals surface area contributed by atoms with Crippen LogP contribution in [0.1, 0.15) is 24.1 Å². The van der Waals surface area contributed by atoms with Gasteiger partial charge in [-0.05, 0) is 64.5 Å². The van der Waals surface area contributed by atoms with E-state index in [9.17, 15) is 4.39 Å². The molecule has 0 aromatic heterocycles. The quantitative estimate of drug-likeness (QED) is 0.646. The van der Waals surface area contributed by atoms with Crippen LogP contribution in [-0.2, 0) is 0 Å². The molecule has 0 bridgehead atoms. The van der Waals surface area contributed by atoms with Crippen LogP contribution in [-0.4, -0.2) is 6.54 Å². The van der Waals surface area contributed by atoms with E-state index in [4.69, 9.17) is 23.2 Å². The van der Waals surface area contributed by atoms with Gasteiger partial charge in [-0.2, -0.15) is 0 Å². The Hall–Kier alpha value is -0.360. The van der Waals surface area contributed by atoms with Crippen LogP contribution in [0.25, 0.3) is 0 Å². The molecule has 1 N–H and O–H groups in total. The molecule has 0 spiro atoms. The molecule has 2 aromatic carbocycles. The average molecular weight is 424 g/mol. The normalized spacial score (nSPS) is 12.4. The smallest absolute Gasteiger partial charge is 0.124 e. The fraction of sp³-hybridized carbons (Fsp3) is 0.200. The van der Waals surface area contributed by atoms with E-state index in [1.54, 1.807) is 12.1 Å². The van der Waals surface area contributed by atoms with Gasteiger partial charge in [0.2, 0.25) is 0 Å². The molecule has 20 heavy (non-hydrogen) atoms. The number of benzene rings is 2. The van der Waals surface area contributed by atoms with Crippen LogP contribution in [0.5, 0.6) is 0 Å². The molecule has 0 fully saturated rings. The van der Waals surface area contributed by atoms with Gasteiger partial charge in [0.15, 0.2) is 0 Å². The van der Waals surface area contributed by atoms with Gasteiger partial charge < -0.3 is 5.32 Å². The third-order valence-corrected chi connectivity index (χ3v) is 4.45. The summed E-state index contributed by atoms with van der Waals surface area (Å²) in [5.74, 6) is -0.240. The Morgan fingerprint density at radius 3 is 2.45 bits per heavy atom. The van der Waals surface area contributed by atoms with Gasteiger partial charge in [0, 0.05) is 13.6 Å². The summed E-state index contributed by atoms with van der Waals surface area (Å²) in [5.41, 5.74) is 1.93. The SMILES string of the molecule is CCNC(c1ccc(Cl)cc1Cl)c1ccc(F)cc1I. The lowest BCUT2D eigenvalue weighted by atomic mass is 9.98.